The Morgan fingerprint density at radius 1 is 1.25 bits per heavy atom. The van der Waals surface area contributed by atoms with Crippen molar-refractivity contribution in [2.75, 3.05) is 0 Å². The van der Waals surface area contributed by atoms with Gasteiger partial charge in [0.05, 0.1) is 6.54 Å². The lowest BCUT2D eigenvalue weighted by Crippen LogP contribution is -2.29. The van der Waals surface area contributed by atoms with Crippen LogP contribution in [0.5, 0.6) is 0 Å². The fourth-order valence-electron chi connectivity index (χ4n) is 2.52. The van der Waals surface area contributed by atoms with E-state index in [1.54, 1.807) is 0 Å². The summed E-state index contributed by atoms with van der Waals surface area (Å²) >= 11 is 0. The first kappa shape index (κ1) is 12.8. The van der Waals surface area contributed by atoms with Gasteiger partial charge in [-0.2, -0.15) is 4.98 Å². The highest BCUT2D eigenvalue weighted by molar-refractivity contribution is 5.78. The minimum Gasteiger partial charge on any atom is -0.348 e. The summed E-state index contributed by atoms with van der Waals surface area (Å²) in [7, 11) is 0. The van der Waals surface area contributed by atoms with E-state index in [-0.39, 0.29) is 11.8 Å². The Balaban J connectivity index is 1.59. The summed E-state index contributed by atoms with van der Waals surface area (Å²) in [6.45, 7) is 0.325. The van der Waals surface area contributed by atoms with E-state index in [1.165, 1.54) is 0 Å². The van der Waals surface area contributed by atoms with E-state index in [0.29, 0.717) is 18.3 Å². The average Bonchev–Trinajstić information content (AvgIpc) is 3.17. The first-order chi connectivity index (χ1) is 9.83. The van der Waals surface area contributed by atoms with Crippen LogP contribution in [0.25, 0.3) is 11.5 Å². The molecule has 3 rings (SSSR count). The van der Waals surface area contributed by atoms with Crippen molar-refractivity contribution in [1.82, 2.24) is 15.5 Å². The van der Waals surface area contributed by atoms with Crippen LogP contribution in [0.2, 0.25) is 0 Å². The fraction of sp³-hybridized carbons (Fsp3) is 0.400. The van der Waals surface area contributed by atoms with Crippen LogP contribution < -0.4 is 5.32 Å². The molecule has 0 atom stereocenters. The zero-order valence-electron chi connectivity index (χ0n) is 11.2. The van der Waals surface area contributed by atoms with Crippen LogP contribution >= 0.6 is 0 Å². The number of hydrogen-bond donors (Lipinski definition) is 1. The Kier molecular flexibility index (Phi) is 3.76. The zero-order chi connectivity index (χ0) is 13.8. The second kappa shape index (κ2) is 5.86. The van der Waals surface area contributed by atoms with E-state index in [4.69, 9.17) is 4.52 Å². The lowest BCUT2D eigenvalue weighted by molar-refractivity contribution is -0.125. The van der Waals surface area contributed by atoms with Crippen molar-refractivity contribution in [3.63, 3.8) is 0 Å². The predicted octanol–water partition coefficient (Wildman–Crippen LogP) is 2.54. The molecule has 1 heterocycles. The Bertz CT molecular complexity index is 574. The third kappa shape index (κ3) is 2.87. The van der Waals surface area contributed by atoms with Gasteiger partial charge in [0.1, 0.15) is 0 Å². The molecule has 1 aliphatic carbocycles. The van der Waals surface area contributed by atoms with Gasteiger partial charge in [-0.3, -0.25) is 4.79 Å². The lowest BCUT2D eigenvalue weighted by Gasteiger charge is -2.07. The molecule has 5 nitrogen and oxygen atoms in total. The fourth-order valence-corrected chi connectivity index (χ4v) is 2.52. The van der Waals surface area contributed by atoms with Gasteiger partial charge in [-0.1, -0.05) is 36.2 Å². The van der Waals surface area contributed by atoms with Crippen LogP contribution in [0.4, 0.5) is 0 Å². The number of aromatic nitrogens is 2. The van der Waals surface area contributed by atoms with Crippen molar-refractivity contribution in [1.29, 1.82) is 0 Å². The van der Waals surface area contributed by atoms with Crippen LogP contribution in [0.3, 0.4) is 0 Å². The highest BCUT2D eigenvalue weighted by atomic mass is 16.5. The minimum absolute atomic E-state index is 0.105. The van der Waals surface area contributed by atoms with Gasteiger partial charge in [0.25, 0.3) is 5.89 Å². The first-order valence-corrected chi connectivity index (χ1v) is 6.98. The summed E-state index contributed by atoms with van der Waals surface area (Å²) in [6.07, 6.45) is 4.29. The summed E-state index contributed by atoms with van der Waals surface area (Å²) in [5.41, 5.74) is 0.883. The van der Waals surface area contributed by atoms with Gasteiger partial charge >= 0.3 is 0 Å². The van der Waals surface area contributed by atoms with Gasteiger partial charge in [-0.15, -0.1) is 0 Å². The number of hydrogen-bond acceptors (Lipinski definition) is 4. The number of nitrogens with one attached hydrogen (secondary N) is 1. The SMILES string of the molecule is O=C(NCc1noc(-c2ccccc2)n1)C1CCCC1. The van der Waals surface area contributed by atoms with E-state index < -0.39 is 0 Å². The van der Waals surface area contributed by atoms with Crippen molar-refractivity contribution in [2.45, 2.75) is 32.2 Å². The maximum atomic E-state index is 11.9. The quantitative estimate of drug-likeness (QED) is 0.927. The van der Waals surface area contributed by atoms with E-state index in [1.807, 2.05) is 30.3 Å². The van der Waals surface area contributed by atoms with Crippen molar-refractivity contribution in [3.05, 3.63) is 36.2 Å². The summed E-state index contributed by atoms with van der Waals surface area (Å²) in [5, 5.41) is 6.77. The highest BCUT2D eigenvalue weighted by Crippen LogP contribution is 2.24. The number of carbonyl (C=O) groups excluding carboxylic acids is 1. The number of rotatable bonds is 4. The van der Waals surface area contributed by atoms with E-state index in [9.17, 15) is 4.79 Å². The number of nitrogens with zero attached hydrogens (tertiary/aromatic N) is 2. The normalized spacial score (nSPS) is 15.4. The molecule has 1 N–H and O–H groups in total. The summed E-state index contributed by atoms with van der Waals surface area (Å²) in [4.78, 5) is 16.2. The molecule has 0 bridgehead atoms. The molecule has 5 heteroatoms. The predicted molar refractivity (Wildman–Crippen MR) is 73.5 cm³/mol. The van der Waals surface area contributed by atoms with Crippen molar-refractivity contribution < 1.29 is 9.32 Å². The van der Waals surface area contributed by atoms with E-state index in [0.717, 1.165) is 31.2 Å². The van der Waals surface area contributed by atoms with Crippen molar-refractivity contribution in [2.24, 2.45) is 5.92 Å². The number of carbonyl (C=O) groups is 1. The molecule has 104 valence electrons. The van der Waals surface area contributed by atoms with Crippen molar-refractivity contribution >= 4 is 5.91 Å². The highest BCUT2D eigenvalue weighted by Gasteiger charge is 2.22. The van der Waals surface area contributed by atoms with Gasteiger partial charge in [0.2, 0.25) is 5.91 Å². The van der Waals surface area contributed by atoms with Gasteiger partial charge in [0, 0.05) is 11.5 Å². The van der Waals surface area contributed by atoms with Crippen LogP contribution in [-0.2, 0) is 11.3 Å². The van der Waals surface area contributed by atoms with Crippen LogP contribution in [-0.4, -0.2) is 16.0 Å². The van der Waals surface area contributed by atoms with Crippen molar-refractivity contribution in [3.8, 4) is 11.5 Å². The van der Waals surface area contributed by atoms with Crippen LogP contribution in [0.15, 0.2) is 34.9 Å². The smallest absolute Gasteiger partial charge is 0.257 e. The molecule has 1 aliphatic rings. The number of amides is 1. The van der Waals surface area contributed by atoms with Crippen LogP contribution in [0, 0.1) is 5.92 Å². The molecule has 1 aromatic heterocycles. The molecular weight excluding hydrogens is 254 g/mol. The molecule has 1 aromatic carbocycles. The molecule has 0 radical (unpaired) electrons. The molecule has 1 amide bonds. The minimum atomic E-state index is 0.105. The Hall–Kier alpha value is -2.17. The monoisotopic (exact) mass is 271 g/mol. The van der Waals surface area contributed by atoms with Gasteiger partial charge < -0.3 is 9.84 Å². The number of benzene rings is 1. The first-order valence-electron chi connectivity index (χ1n) is 6.98. The third-order valence-electron chi connectivity index (χ3n) is 3.64. The Morgan fingerprint density at radius 3 is 2.75 bits per heavy atom. The molecule has 20 heavy (non-hydrogen) atoms. The zero-order valence-corrected chi connectivity index (χ0v) is 11.2. The van der Waals surface area contributed by atoms with E-state index >= 15 is 0 Å². The van der Waals surface area contributed by atoms with Gasteiger partial charge in [0.15, 0.2) is 5.82 Å². The molecule has 1 saturated carbocycles. The molecular formula is C15H17N3O2. The molecule has 0 unspecified atom stereocenters. The summed E-state index contributed by atoms with van der Waals surface area (Å²) < 4.78 is 5.20. The molecule has 0 spiro atoms. The third-order valence-corrected chi connectivity index (χ3v) is 3.64. The van der Waals surface area contributed by atoms with Gasteiger partial charge in [-0.05, 0) is 25.0 Å². The summed E-state index contributed by atoms with van der Waals surface area (Å²) in [6, 6.07) is 9.59. The molecule has 2 aromatic rings. The molecule has 0 saturated heterocycles. The second-order valence-corrected chi connectivity index (χ2v) is 5.08. The largest absolute Gasteiger partial charge is 0.348 e. The Morgan fingerprint density at radius 2 is 2.00 bits per heavy atom. The maximum absolute atomic E-state index is 11.9. The Labute approximate surface area is 117 Å². The lowest BCUT2D eigenvalue weighted by atomic mass is 10.1. The molecule has 1 fully saturated rings. The topological polar surface area (TPSA) is 68.0 Å². The maximum Gasteiger partial charge on any atom is 0.257 e. The average molecular weight is 271 g/mol. The second-order valence-electron chi connectivity index (χ2n) is 5.08. The standard InChI is InChI=1S/C15H17N3O2/c19-14(11-6-4-5-7-11)16-10-13-17-15(20-18-13)12-8-2-1-3-9-12/h1-3,8-9,11H,4-7,10H2,(H,16,19). The molecule has 0 aliphatic heterocycles. The summed E-state index contributed by atoms with van der Waals surface area (Å²) in [5.74, 6) is 1.26. The van der Waals surface area contributed by atoms with Crippen LogP contribution in [0.1, 0.15) is 31.5 Å². The van der Waals surface area contributed by atoms with Gasteiger partial charge in [-0.25, -0.2) is 0 Å². The van der Waals surface area contributed by atoms with E-state index in [2.05, 4.69) is 15.5 Å².